The van der Waals surface area contributed by atoms with Crippen LogP contribution in [0.25, 0.3) is 0 Å². The molecule has 0 aromatic heterocycles. The molecule has 2 N–H and O–H groups in total. The van der Waals surface area contributed by atoms with Crippen LogP contribution in [0, 0.1) is 6.92 Å². The number of carbonyl (C=O) groups is 2. The summed E-state index contributed by atoms with van der Waals surface area (Å²) < 4.78 is 0. The second kappa shape index (κ2) is 8.47. The first-order valence-corrected chi connectivity index (χ1v) is 8.62. The van der Waals surface area contributed by atoms with Crippen LogP contribution in [-0.2, 0) is 9.59 Å². The normalized spacial score (nSPS) is 11.9. The molecule has 4 nitrogen and oxygen atoms in total. The summed E-state index contributed by atoms with van der Waals surface area (Å²) in [6, 6.07) is 15.5. The molecule has 1 atom stereocenters. The van der Waals surface area contributed by atoms with Crippen LogP contribution < -0.4 is 10.6 Å². The van der Waals surface area contributed by atoms with Crippen molar-refractivity contribution in [3.05, 3.63) is 65.2 Å². The molecule has 0 saturated carbocycles. The highest BCUT2D eigenvalue weighted by Crippen LogP contribution is 2.27. The zero-order chi connectivity index (χ0) is 18.4. The quantitative estimate of drug-likeness (QED) is 0.771. The second-order valence-corrected chi connectivity index (χ2v) is 6.62. The Balaban J connectivity index is 1.98. The number of rotatable bonds is 6. The highest BCUT2D eigenvalue weighted by molar-refractivity contribution is 6.04. The molecule has 0 bridgehead atoms. The molecule has 0 aliphatic heterocycles. The molecule has 0 fully saturated rings. The molecule has 1 unspecified atom stereocenters. The van der Waals surface area contributed by atoms with E-state index in [1.807, 2.05) is 62.4 Å². The van der Waals surface area contributed by atoms with Crippen LogP contribution in [0.3, 0.4) is 0 Å². The van der Waals surface area contributed by atoms with Crippen molar-refractivity contribution in [2.24, 2.45) is 0 Å². The van der Waals surface area contributed by atoms with Gasteiger partial charge in [0.1, 0.15) is 6.42 Å². The van der Waals surface area contributed by atoms with E-state index in [2.05, 4.69) is 24.5 Å². The molecule has 0 aliphatic carbocycles. The van der Waals surface area contributed by atoms with Crippen molar-refractivity contribution in [3.8, 4) is 0 Å². The number of nitrogens with one attached hydrogen (secondary N) is 2. The van der Waals surface area contributed by atoms with E-state index in [4.69, 9.17) is 0 Å². The fourth-order valence-corrected chi connectivity index (χ4v) is 2.79. The highest BCUT2D eigenvalue weighted by atomic mass is 16.2. The lowest BCUT2D eigenvalue weighted by Gasteiger charge is -2.17. The van der Waals surface area contributed by atoms with Gasteiger partial charge in [-0.25, -0.2) is 0 Å². The summed E-state index contributed by atoms with van der Waals surface area (Å²) in [4.78, 5) is 24.5. The lowest BCUT2D eigenvalue weighted by Crippen LogP contribution is -2.30. The summed E-state index contributed by atoms with van der Waals surface area (Å²) in [7, 11) is 0. The van der Waals surface area contributed by atoms with Crippen LogP contribution in [0.2, 0.25) is 0 Å². The number of hydrogen-bond acceptors (Lipinski definition) is 2. The molecular formula is C21H26N2O2. The lowest BCUT2D eigenvalue weighted by atomic mass is 9.98. The minimum atomic E-state index is -0.297. The monoisotopic (exact) mass is 338 g/mol. The van der Waals surface area contributed by atoms with E-state index in [-0.39, 0.29) is 24.3 Å². The summed E-state index contributed by atoms with van der Waals surface area (Å²) >= 11 is 0. The predicted molar refractivity (Wildman–Crippen MR) is 102 cm³/mol. The topological polar surface area (TPSA) is 58.2 Å². The number of benzene rings is 2. The van der Waals surface area contributed by atoms with Crippen molar-refractivity contribution in [2.45, 2.75) is 46.1 Å². The van der Waals surface area contributed by atoms with Crippen molar-refractivity contribution >= 4 is 17.5 Å². The van der Waals surface area contributed by atoms with Gasteiger partial charge in [-0.15, -0.1) is 0 Å². The third kappa shape index (κ3) is 5.18. The first-order chi connectivity index (χ1) is 11.9. The molecule has 2 amide bonds. The van der Waals surface area contributed by atoms with Gasteiger partial charge in [-0.05, 0) is 36.5 Å². The van der Waals surface area contributed by atoms with Crippen molar-refractivity contribution in [3.63, 3.8) is 0 Å². The van der Waals surface area contributed by atoms with Gasteiger partial charge < -0.3 is 10.6 Å². The van der Waals surface area contributed by atoms with E-state index in [0.29, 0.717) is 5.92 Å². The third-order valence-electron chi connectivity index (χ3n) is 4.19. The maximum atomic E-state index is 12.3. The Kier molecular flexibility index (Phi) is 6.34. The van der Waals surface area contributed by atoms with E-state index in [0.717, 1.165) is 22.4 Å². The average Bonchev–Trinajstić information content (AvgIpc) is 2.57. The Morgan fingerprint density at radius 1 is 0.920 bits per heavy atom. The van der Waals surface area contributed by atoms with Crippen LogP contribution in [0.4, 0.5) is 5.69 Å². The Morgan fingerprint density at radius 2 is 1.60 bits per heavy atom. The summed E-state index contributed by atoms with van der Waals surface area (Å²) in [6.07, 6.45) is -0.191. The number of carbonyl (C=O) groups excluding carboxylic acids is 2. The summed E-state index contributed by atoms with van der Waals surface area (Å²) in [5, 5.41) is 5.77. The average molecular weight is 338 g/mol. The van der Waals surface area contributed by atoms with Gasteiger partial charge in [0, 0.05) is 5.69 Å². The number of anilines is 1. The predicted octanol–water partition coefficient (Wildman–Crippen LogP) is 4.32. The molecular weight excluding hydrogens is 312 g/mol. The fourth-order valence-electron chi connectivity index (χ4n) is 2.79. The number of aryl methyl sites for hydroxylation is 1. The molecule has 4 heteroatoms. The SMILES string of the molecule is Cc1cccc(C(C)C)c1NC(=O)CC(=O)NC(C)c1ccccc1. The lowest BCUT2D eigenvalue weighted by molar-refractivity contribution is -0.127. The molecule has 2 aromatic rings. The maximum absolute atomic E-state index is 12.3. The van der Waals surface area contributed by atoms with Gasteiger partial charge in [0.15, 0.2) is 0 Å². The number of para-hydroxylation sites is 1. The number of amides is 2. The van der Waals surface area contributed by atoms with Crippen LogP contribution in [0.15, 0.2) is 48.5 Å². The van der Waals surface area contributed by atoms with Crippen molar-refractivity contribution in [1.29, 1.82) is 0 Å². The molecule has 2 rings (SSSR count). The first-order valence-electron chi connectivity index (χ1n) is 8.62. The second-order valence-electron chi connectivity index (χ2n) is 6.62. The van der Waals surface area contributed by atoms with E-state index < -0.39 is 0 Å². The molecule has 132 valence electrons. The highest BCUT2D eigenvalue weighted by Gasteiger charge is 2.16. The molecule has 25 heavy (non-hydrogen) atoms. The molecule has 0 heterocycles. The summed E-state index contributed by atoms with van der Waals surface area (Å²) in [5.74, 6) is -0.287. The smallest absolute Gasteiger partial charge is 0.233 e. The minimum Gasteiger partial charge on any atom is -0.349 e. The zero-order valence-electron chi connectivity index (χ0n) is 15.3. The molecule has 0 saturated heterocycles. The van der Waals surface area contributed by atoms with Crippen LogP contribution in [0.5, 0.6) is 0 Å². The molecule has 2 aromatic carbocycles. The van der Waals surface area contributed by atoms with Crippen LogP contribution in [-0.4, -0.2) is 11.8 Å². The Morgan fingerprint density at radius 3 is 2.24 bits per heavy atom. The molecule has 0 spiro atoms. The minimum absolute atomic E-state index is 0.133. The van der Waals surface area contributed by atoms with Gasteiger partial charge >= 0.3 is 0 Å². The molecule has 0 radical (unpaired) electrons. The van der Waals surface area contributed by atoms with Gasteiger partial charge in [-0.2, -0.15) is 0 Å². The largest absolute Gasteiger partial charge is 0.349 e. The third-order valence-corrected chi connectivity index (χ3v) is 4.19. The van der Waals surface area contributed by atoms with E-state index in [1.54, 1.807) is 0 Å². The first kappa shape index (κ1) is 18.7. The number of hydrogen-bond donors (Lipinski definition) is 2. The fraction of sp³-hybridized carbons (Fsp3) is 0.333. The molecule has 0 aliphatic rings. The Labute approximate surface area is 149 Å². The van der Waals surface area contributed by atoms with E-state index in [1.165, 1.54) is 0 Å². The Hall–Kier alpha value is -2.62. The van der Waals surface area contributed by atoms with Crippen molar-refractivity contribution < 1.29 is 9.59 Å². The summed E-state index contributed by atoms with van der Waals surface area (Å²) in [6.45, 7) is 8.03. The maximum Gasteiger partial charge on any atom is 0.233 e. The van der Waals surface area contributed by atoms with Gasteiger partial charge in [-0.1, -0.05) is 62.4 Å². The van der Waals surface area contributed by atoms with Crippen LogP contribution >= 0.6 is 0 Å². The van der Waals surface area contributed by atoms with Gasteiger partial charge in [-0.3, -0.25) is 9.59 Å². The Bertz CT molecular complexity index is 739. The van der Waals surface area contributed by atoms with Gasteiger partial charge in [0.25, 0.3) is 0 Å². The van der Waals surface area contributed by atoms with Gasteiger partial charge in [0.05, 0.1) is 6.04 Å². The zero-order valence-corrected chi connectivity index (χ0v) is 15.3. The van der Waals surface area contributed by atoms with Crippen molar-refractivity contribution in [1.82, 2.24) is 5.32 Å². The standard InChI is InChI=1S/C21H26N2O2/c1-14(2)18-12-8-9-15(3)21(18)23-20(25)13-19(24)22-16(4)17-10-6-5-7-11-17/h5-12,14,16H,13H2,1-4H3,(H,22,24)(H,23,25). The van der Waals surface area contributed by atoms with E-state index in [9.17, 15) is 9.59 Å². The van der Waals surface area contributed by atoms with Crippen LogP contribution in [0.1, 0.15) is 55.8 Å². The summed E-state index contributed by atoms with van der Waals surface area (Å²) in [5.41, 5.74) is 3.90. The van der Waals surface area contributed by atoms with Gasteiger partial charge in [0.2, 0.25) is 11.8 Å². The van der Waals surface area contributed by atoms with E-state index >= 15 is 0 Å². The van der Waals surface area contributed by atoms with Crippen molar-refractivity contribution in [2.75, 3.05) is 5.32 Å².